The van der Waals surface area contributed by atoms with Gasteiger partial charge in [-0.2, -0.15) is 13.1 Å². The van der Waals surface area contributed by atoms with Crippen LogP contribution in [0.2, 0.25) is 0 Å². The Kier molecular flexibility index (Phi) is 6.84. The van der Waals surface area contributed by atoms with E-state index in [0.29, 0.717) is 31.6 Å². The molecule has 4 fully saturated rings. The Balaban J connectivity index is 1.69. The molecule has 0 amide bonds. The maximum Gasteiger partial charge on any atom is 0.333 e. The molecule has 4 rings (SSSR count). The molecule has 4 aliphatic carbocycles. The first-order chi connectivity index (χ1) is 15.3. The van der Waals surface area contributed by atoms with Gasteiger partial charge in [0.25, 0.3) is 0 Å². The second kappa shape index (κ2) is 8.84. The lowest BCUT2D eigenvalue weighted by molar-refractivity contribution is -0.182. The van der Waals surface area contributed by atoms with Gasteiger partial charge in [0.15, 0.2) is 0 Å². The molecule has 4 N–H and O–H groups in total. The number of fused-ring (bicyclic) bond motifs is 5. The van der Waals surface area contributed by atoms with Gasteiger partial charge in [-0.05, 0) is 105 Å². The fourth-order valence-electron chi connectivity index (χ4n) is 9.12. The molecule has 7 nitrogen and oxygen atoms in total. The van der Waals surface area contributed by atoms with Crippen molar-refractivity contribution in [3.05, 3.63) is 0 Å². The van der Waals surface area contributed by atoms with Crippen LogP contribution in [0.15, 0.2) is 0 Å². The van der Waals surface area contributed by atoms with Crippen LogP contribution >= 0.6 is 0 Å². The number of aliphatic hydroxyl groups is 2. The van der Waals surface area contributed by atoms with Crippen LogP contribution in [0.3, 0.4) is 0 Å². The average Bonchev–Trinajstić information content (AvgIpc) is 3.05. The fraction of sp³-hybridized carbons (Fsp3) is 0.960. The number of nitrogens with one attached hydrogen (secondary N) is 1. The summed E-state index contributed by atoms with van der Waals surface area (Å²) in [5, 5.41) is 22.0. The Hall–Kier alpha value is -0.540. The number of rotatable bonds is 6. The van der Waals surface area contributed by atoms with Crippen LogP contribution in [0.4, 0.5) is 0 Å². The molecule has 0 saturated heterocycles. The molecule has 11 atom stereocenters. The maximum atomic E-state index is 11.9. The van der Waals surface area contributed by atoms with Gasteiger partial charge in [0, 0.05) is 12.5 Å². The second-order valence-corrected chi connectivity index (χ2v) is 13.6. The zero-order valence-corrected chi connectivity index (χ0v) is 21.4. The van der Waals surface area contributed by atoms with E-state index in [1.54, 1.807) is 6.92 Å². The van der Waals surface area contributed by atoms with Crippen molar-refractivity contribution in [1.29, 1.82) is 0 Å². The topological polar surface area (TPSA) is 124 Å². The van der Waals surface area contributed by atoms with Gasteiger partial charge in [0.1, 0.15) is 5.78 Å². The van der Waals surface area contributed by atoms with Gasteiger partial charge in [0.05, 0.1) is 12.2 Å². The molecule has 0 bridgehead atoms. The van der Waals surface area contributed by atoms with Gasteiger partial charge >= 0.3 is 10.3 Å². The van der Waals surface area contributed by atoms with Gasteiger partial charge in [-0.1, -0.05) is 20.8 Å². The normalized spacial score (nSPS) is 48.5. The van der Waals surface area contributed by atoms with E-state index in [-0.39, 0.29) is 52.3 Å². The monoisotopic (exact) mass is 485 g/mol. The molecule has 0 aromatic carbocycles. The first kappa shape index (κ1) is 25.5. The van der Waals surface area contributed by atoms with Crippen LogP contribution in [0.25, 0.3) is 0 Å². The number of aliphatic hydroxyl groups excluding tert-OH is 2. The summed E-state index contributed by atoms with van der Waals surface area (Å²) in [6.07, 6.45) is 5.92. The van der Waals surface area contributed by atoms with Crippen molar-refractivity contribution in [3.8, 4) is 0 Å². The van der Waals surface area contributed by atoms with Gasteiger partial charge in [0.2, 0.25) is 0 Å². The highest BCUT2D eigenvalue weighted by atomic mass is 32.2. The van der Waals surface area contributed by atoms with Gasteiger partial charge in [-0.3, -0.25) is 4.55 Å². The summed E-state index contributed by atoms with van der Waals surface area (Å²) in [5.41, 5.74) is -0.393. The first-order valence-corrected chi connectivity index (χ1v) is 14.3. The summed E-state index contributed by atoms with van der Waals surface area (Å²) < 4.78 is 36.2. The number of Topliss-reactive ketones (excluding diaryl/α,β-unsaturated/α-hetero) is 1. The molecule has 4 aliphatic rings. The Morgan fingerprint density at radius 2 is 1.79 bits per heavy atom. The Labute approximate surface area is 199 Å². The average molecular weight is 486 g/mol. The molecule has 8 heteroatoms. The predicted octanol–water partition coefficient (Wildman–Crippen LogP) is 3.35. The molecule has 0 spiro atoms. The summed E-state index contributed by atoms with van der Waals surface area (Å²) >= 11 is 0. The van der Waals surface area contributed by atoms with Gasteiger partial charge in [-0.15, -0.1) is 0 Å². The molecule has 0 aromatic heterocycles. The van der Waals surface area contributed by atoms with E-state index in [2.05, 4.69) is 25.5 Å². The zero-order valence-electron chi connectivity index (χ0n) is 20.5. The van der Waals surface area contributed by atoms with Gasteiger partial charge in [-0.25, -0.2) is 0 Å². The number of carbonyl (C=O) groups is 1. The van der Waals surface area contributed by atoms with Crippen LogP contribution in [0.1, 0.15) is 85.5 Å². The smallest absolute Gasteiger partial charge is 0.333 e. The quantitative estimate of drug-likeness (QED) is 0.428. The third-order valence-corrected chi connectivity index (χ3v) is 11.4. The molecule has 0 aromatic rings. The minimum absolute atomic E-state index is 0.0434. The summed E-state index contributed by atoms with van der Waals surface area (Å²) in [6, 6.07) is -0.392. The lowest BCUT2D eigenvalue weighted by atomic mass is 9.42. The highest BCUT2D eigenvalue weighted by Gasteiger charge is 2.66. The van der Waals surface area contributed by atoms with E-state index in [0.717, 1.165) is 32.1 Å². The van der Waals surface area contributed by atoms with Crippen molar-refractivity contribution >= 4 is 16.1 Å². The third-order valence-electron chi connectivity index (χ3n) is 10.8. The Morgan fingerprint density at radius 3 is 2.42 bits per heavy atom. The van der Waals surface area contributed by atoms with Crippen molar-refractivity contribution in [1.82, 2.24) is 4.72 Å². The molecule has 0 radical (unpaired) electrons. The van der Waals surface area contributed by atoms with Crippen LogP contribution in [0.5, 0.6) is 0 Å². The SMILES string of the molecule is CC(=O)CC[C@@H](C)[C@H]1CC[C@H]2[C@@H]3C(NS(=O)(=O)O)C[C@@H]4C[C@H](O)CC[C@]4(C)[C@H]3C[C@H](O)[C@]12C. The lowest BCUT2D eigenvalue weighted by Crippen LogP contribution is -2.65. The Morgan fingerprint density at radius 1 is 1.09 bits per heavy atom. The second-order valence-electron chi connectivity index (χ2n) is 12.4. The van der Waals surface area contributed by atoms with Crippen LogP contribution in [-0.2, 0) is 15.1 Å². The van der Waals surface area contributed by atoms with Crippen LogP contribution in [0, 0.1) is 46.3 Å². The minimum atomic E-state index is -4.37. The van der Waals surface area contributed by atoms with E-state index < -0.39 is 22.4 Å². The highest BCUT2D eigenvalue weighted by molar-refractivity contribution is 7.83. The largest absolute Gasteiger partial charge is 0.393 e. The molecule has 4 saturated carbocycles. The van der Waals surface area contributed by atoms with Crippen LogP contribution < -0.4 is 4.72 Å². The molecule has 33 heavy (non-hydrogen) atoms. The number of hydrogen-bond donors (Lipinski definition) is 4. The Bertz CT molecular complexity index is 863. The van der Waals surface area contributed by atoms with Crippen molar-refractivity contribution < 1.29 is 28.0 Å². The molecule has 0 heterocycles. The van der Waals surface area contributed by atoms with Crippen LogP contribution in [-0.4, -0.2) is 47.2 Å². The molecule has 190 valence electrons. The number of hydrogen-bond acceptors (Lipinski definition) is 5. The third kappa shape index (κ3) is 4.44. The fourth-order valence-corrected chi connectivity index (χ4v) is 9.76. The van der Waals surface area contributed by atoms with Gasteiger partial charge < -0.3 is 15.0 Å². The number of carbonyl (C=O) groups excluding carboxylic acids is 1. The summed E-state index contributed by atoms with van der Waals surface area (Å²) in [4.78, 5) is 11.6. The number of ketones is 1. The highest BCUT2D eigenvalue weighted by Crippen LogP contribution is 2.68. The van der Waals surface area contributed by atoms with Crippen molar-refractivity contribution in [2.45, 2.75) is 104 Å². The zero-order chi connectivity index (χ0) is 24.3. The lowest BCUT2D eigenvalue weighted by Gasteiger charge is -2.64. The molecule has 0 aliphatic heterocycles. The summed E-state index contributed by atoms with van der Waals surface area (Å²) in [7, 11) is -4.37. The van der Waals surface area contributed by atoms with E-state index in [1.165, 1.54) is 0 Å². The van der Waals surface area contributed by atoms with E-state index in [4.69, 9.17) is 0 Å². The van der Waals surface area contributed by atoms with E-state index >= 15 is 0 Å². The minimum Gasteiger partial charge on any atom is -0.393 e. The van der Waals surface area contributed by atoms with Crippen molar-refractivity contribution in [2.24, 2.45) is 46.3 Å². The predicted molar refractivity (Wildman–Crippen MR) is 126 cm³/mol. The molecular weight excluding hydrogens is 442 g/mol. The molecule has 1 unspecified atom stereocenters. The summed E-state index contributed by atoms with van der Waals surface area (Å²) in [6.45, 7) is 8.28. The van der Waals surface area contributed by atoms with Crippen molar-refractivity contribution in [2.75, 3.05) is 0 Å². The first-order valence-electron chi connectivity index (χ1n) is 12.9. The van der Waals surface area contributed by atoms with E-state index in [9.17, 15) is 28.0 Å². The van der Waals surface area contributed by atoms with E-state index in [1.807, 2.05) is 0 Å². The maximum absolute atomic E-state index is 11.9. The van der Waals surface area contributed by atoms with Crippen molar-refractivity contribution in [3.63, 3.8) is 0 Å². The summed E-state index contributed by atoms with van der Waals surface area (Å²) in [5.74, 6) is 1.27. The molecular formula is C25H43NO6S. The standard InChI is InChI=1S/C25H43NO6S/c1-14(5-6-15(2)27)18-7-8-19-23-20(13-22(29)25(18,19)4)24(3)10-9-17(28)11-16(24)12-21(23)26-33(30,31)32/h14,16-23,26,28-29H,5-13H2,1-4H3,(H,30,31,32)/t14-,16+,17-,18-,19+,20+,21?,22+,23+,24+,25-/m1/s1.